The molecule has 12 heteroatoms. The van der Waals surface area contributed by atoms with Gasteiger partial charge in [0.15, 0.2) is 16.6 Å². The van der Waals surface area contributed by atoms with Crippen molar-refractivity contribution in [1.29, 1.82) is 0 Å². The average Bonchev–Trinajstić information content (AvgIpc) is 2.84. The summed E-state index contributed by atoms with van der Waals surface area (Å²) in [5.74, 6) is -0.549. The third kappa shape index (κ3) is 5.90. The largest absolute Gasteiger partial charge is 0.493 e. The van der Waals surface area contributed by atoms with E-state index in [1.165, 1.54) is 13.2 Å². The molecular formula is C25H15BrCl4N2O4S. The first-order chi connectivity index (χ1) is 17.6. The number of carbonyl (C=O) groups excluding carboxylic acids is 2. The molecule has 4 rings (SSSR count). The molecule has 1 N–H and O–H groups in total. The van der Waals surface area contributed by atoms with Crippen molar-refractivity contribution >= 4 is 103 Å². The van der Waals surface area contributed by atoms with E-state index in [0.717, 1.165) is 10.5 Å². The number of methoxy groups -OCH3 is 1. The van der Waals surface area contributed by atoms with Crippen molar-refractivity contribution < 1.29 is 19.1 Å². The minimum atomic E-state index is -0.661. The van der Waals surface area contributed by atoms with Gasteiger partial charge in [-0.2, -0.15) is 0 Å². The van der Waals surface area contributed by atoms with Gasteiger partial charge < -0.3 is 9.47 Å². The van der Waals surface area contributed by atoms with Gasteiger partial charge in [-0.1, -0.05) is 58.5 Å². The molecule has 0 radical (unpaired) electrons. The summed E-state index contributed by atoms with van der Waals surface area (Å²) in [4.78, 5) is 27.2. The topological polar surface area (TPSA) is 67.9 Å². The molecule has 0 spiro atoms. The number of halogens is 5. The Kier molecular flexibility index (Phi) is 8.68. The quantitative estimate of drug-likeness (QED) is 0.169. The highest BCUT2D eigenvalue weighted by Gasteiger charge is 2.35. The molecule has 0 saturated carbocycles. The van der Waals surface area contributed by atoms with Crippen LogP contribution in [-0.2, 0) is 16.2 Å². The standard InChI is InChI=1S/C25H15BrCl4N2O4S/c1-35-20-9-12(8-16(26)22(20)36-11-13-5-6-14(27)10-18(13)29)7-15-23(33)31-25(37)32(24(15)34)19-4-2-3-17(28)21(19)30/h2-10H,11H2,1H3,(H,31,33,37)/b15-7+. The number of rotatable bonds is 6. The molecule has 1 aliphatic heterocycles. The molecule has 3 aromatic rings. The molecule has 2 amide bonds. The first-order valence-electron chi connectivity index (χ1n) is 10.4. The lowest BCUT2D eigenvalue weighted by Gasteiger charge is -2.29. The molecule has 6 nitrogen and oxygen atoms in total. The highest BCUT2D eigenvalue weighted by Crippen LogP contribution is 2.39. The van der Waals surface area contributed by atoms with Crippen LogP contribution in [-0.4, -0.2) is 24.0 Å². The van der Waals surface area contributed by atoms with Gasteiger partial charge in [-0.15, -0.1) is 0 Å². The van der Waals surface area contributed by atoms with Gasteiger partial charge in [0.1, 0.15) is 12.2 Å². The maximum atomic E-state index is 13.4. The van der Waals surface area contributed by atoms with Crippen molar-refractivity contribution in [3.63, 3.8) is 0 Å². The maximum Gasteiger partial charge on any atom is 0.270 e. The Morgan fingerprint density at radius 2 is 1.81 bits per heavy atom. The van der Waals surface area contributed by atoms with E-state index >= 15 is 0 Å². The van der Waals surface area contributed by atoms with Gasteiger partial charge >= 0.3 is 0 Å². The molecule has 0 aliphatic carbocycles. The number of carbonyl (C=O) groups is 2. The summed E-state index contributed by atoms with van der Waals surface area (Å²) < 4.78 is 12.0. The second-order valence-corrected chi connectivity index (χ2v) is 10.5. The van der Waals surface area contributed by atoms with Crippen molar-refractivity contribution in [3.05, 3.63) is 89.8 Å². The Morgan fingerprint density at radius 1 is 1.05 bits per heavy atom. The Balaban J connectivity index is 1.66. The van der Waals surface area contributed by atoms with Crippen LogP contribution in [0.3, 0.4) is 0 Å². The number of hydrogen-bond acceptors (Lipinski definition) is 5. The summed E-state index contributed by atoms with van der Waals surface area (Å²) in [6, 6.07) is 13.2. The van der Waals surface area contributed by atoms with E-state index < -0.39 is 11.8 Å². The maximum absolute atomic E-state index is 13.4. The lowest BCUT2D eigenvalue weighted by atomic mass is 10.1. The molecular weight excluding hydrogens is 646 g/mol. The first-order valence-corrected chi connectivity index (χ1v) is 13.1. The molecule has 0 aromatic heterocycles. The molecule has 1 aliphatic rings. The van der Waals surface area contributed by atoms with Crippen molar-refractivity contribution in [1.82, 2.24) is 5.32 Å². The van der Waals surface area contributed by atoms with Gasteiger partial charge in [0.2, 0.25) is 0 Å². The van der Waals surface area contributed by atoms with Crippen LogP contribution < -0.4 is 19.7 Å². The Labute approximate surface area is 246 Å². The monoisotopic (exact) mass is 658 g/mol. The van der Waals surface area contributed by atoms with Gasteiger partial charge in [-0.05, 0) is 76.2 Å². The fourth-order valence-electron chi connectivity index (χ4n) is 3.46. The zero-order chi connectivity index (χ0) is 26.9. The lowest BCUT2D eigenvalue weighted by Crippen LogP contribution is -2.54. The lowest BCUT2D eigenvalue weighted by molar-refractivity contribution is -0.122. The fraction of sp³-hybridized carbons (Fsp3) is 0.0800. The number of hydrogen-bond donors (Lipinski definition) is 1. The van der Waals surface area contributed by atoms with Crippen molar-refractivity contribution in [2.24, 2.45) is 0 Å². The van der Waals surface area contributed by atoms with E-state index in [2.05, 4.69) is 21.2 Å². The number of anilines is 1. The number of nitrogens with one attached hydrogen (secondary N) is 1. The van der Waals surface area contributed by atoms with Crippen LogP contribution in [0.1, 0.15) is 11.1 Å². The van der Waals surface area contributed by atoms with Crippen LogP contribution >= 0.6 is 74.6 Å². The van der Waals surface area contributed by atoms with Crippen LogP contribution in [0.2, 0.25) is 20.1 Å². The van der Waals surface area contributed by atoms with Crippen molar-refractivity contribution in [3.8, 4) is 11.5 Å². The highest BCUT2D eigenvalue weighted by atomic mass is 79.9. The highest BCUT2D eigenvalue weighted by molar-refractivity contribution is 9.10. The molecule has 1 saturated heterocycles. The Bertz CT molecular complexity index is 1480. The number of nitrogens with zero attached hydrogens (tertiary/aromatic N) is 1. The van der Waals surface area contributed by atoms with E-state index in [0.29, 0.717) is 31.6 Å². The van der Waals surface area contributed by atoms with E-state index in [9.17, 15) is 9.59 Å². The van der Waals surface area contributed by atoms with Crippen LogP contribution in [0.15, 0.2) is 58.6 Å². The number of amides is 2. The van der Waals surface area contributed by atoms with E-state index in [1.807, 2.05) is 0 Å². The summed E-state index contributed by atoms with van der Waals surface area (Å²) in [6.45, 7) is 0.152. The van der Waals surface area contributed by atoms with Gasteiger partial charge in [-0.25, -0.2) is 0 Å². The predicted molar refractivity (Wildman–Crippen MR) is 154 cm³/mol. The number of benzene rings is 3. The zero-order valence-electron chi connectivity index (χ0n) is 18.8. The molecule has 1 fully saturated rings. The van der Waals surface area contributed by atoms with Gasteiger partial charge in [0, 0.05) is 15.6 Å². The van der Waals surface area contributed by atoms with E-state index in [1.54, 1.807) is 48.5 Å². The molecule has 1 heterocycles. The van der Waals surface area contributed by atoms with Crippen LogP contribution in [0.4, 0.5) is 5.69 Å². The average molecular weight is 661 g/mol. The van der Waals surface area contributed by atoms with Crippen LogP contribution in [0.25, 0.3) is 6.08 Å². The summed E-state index contributed by atoms with van der Waals surface area (Å²) in [6.07, 6.45) is 1.41. The normalized spacial score (nSPS) is 14.7. The fourth-order valence-corrected chi connectivity index (χ4v) is 5.15. The Hall–Kier alpha value is -2.33. The predicted octanol–water partition coefficient (Wildman–Crippen LogP) is 7.48. The summed E-state index contributed by atoms with van der Waals surface area (Å²) >= 11 is 33.3. The van der Waals surface area contributed by atoms with E-state index in [-0.39, 0.29) is 33.0 Å². The summed E-state index contributed by atoms with van der Waals surface area (Å²) in [5.41, 5.74) is 1.30. The number of ether oxygens (including phenoxy) is 2. The smallest absolute Gasteiger partial charge is 0.270 e. The van der Waals surface area contributed by atoms with Gasteiger partial charge in [0.25, 0.3) is 11.8 Å². The second kappa shape index (κ2) is 11.6. The van der Waals surface area contributed by atoms with Crippen LogP contribution in [0, 0.1) is 0 Å². The molecule has 0 atom stereocenters. The molecule has 0 unspecified atom stereocenters. The van der Waals surface area contributed by atoms with E-state index in [4.69, 9.17) is 68.1 Å². The minimum Gasteiger partial charge on any atom is -0.493 e. The first kappa shape index (κ1) is 27.7. The second-order valence-electron chi connectivity index (χ2n) is 7.59. The zero-order valence-corrected chi connectivity index (χ0v) is 24.2. The molecule has 3 aromatic carbocycles. The molecule has 190 valence electrons. The molecule has 0 bridgehead atoms. The van der Waals surface area contributed by atoms with Gasteiger partial charge in [-0.3, -0.25) is 19.8 Å². The SMILES string of the molecule is COc1cc(/C=C2\C(=O)NC(=S)N(c3cccc(Cl)c3Cl)C2=O)cc(Br)c1OCc1ccc(Cl)cc1Cl. The summed E-state index contributed by atoms with van der Waals surface area (Å²) in [7, 11) is 1.47. The van der Waals surface area contributed by atoms with Crippen molar-refractivity contribution in [2.75, 3.05) is 12.0 Å². The van der Waals surface area contributed by atoms with Crippen molar-refractivity contribution in [2.45, 2.75) is 6.61 Å². The minimum absolute atomic E-state index is 0.111. The third-order valence-corrected chi connectivity index (χ3v) is 7.49. The summed E-state index contributed by atoms with van der Waals surface area (Å²) in [5, 5.41) is 3.75. The number of thiocarbonyl (C=S) groups is 1. The third-order valence-electron chi connectivity index (χ3n) is 5.22. The van der Waals surface area contributed by atoms with Crippen LogP contribution in [0.5, 0.6) is 11.5 Å². The molecule has 37 heavy (non-hydrogen) atoms. The van der Waals surface area contributed by atoms with Gasteiger partial charge in [0.05, 0.1) is 27.3 Å². The Morgan fingerprint density at radius 3 is 2.51 bits per heavy atom.